The third-order valence-electron chi connectivity index (χ3n) is 3.79. The predicted octanol–water partition coefficient (Wildman–Crippen LogP) is 0.587. The van der Waals surface area contributed by atoms with Crippen LogP contribution >= 0.6 is 0 Å². The molecule has 0 bridgehead atoms. The summed E-state index contributed by atoms with van der Waals surface area (Å²) in [4.78, 5) is 47.6. The van der Waals surface area contributed by atoms with E-state index < -0.39 is 37.5 Å². The number of carbonyl (C=O) groups excluding carboxylic acids is 1. The molecule has 1 amide bonds. The third-order valence-corrected chi connectivity index (χ3v) is 3.79. The summed E-state index contributed by atoms with van der Waals surface area (Å²) < 4.78 is 0. The monoisotopic (exact) mass is 360 g/mol. The van der Waals surface area contributed by atoms with Crippen LogP contribution in [0.1, 0.15) is 39.5 Å². The molecule has 0 aliphatic carbocycles. The summed E-state index contributed by atoms with van der Waals surface area (Å²) in [6.45, 7) is 2.33. The average molecular weight is 360 g/mol. The molecule has 1 atom stereocenters. The molecule has 0 saturated carbocycles. The Bertz CT molecular complexity index is 451. The lowest BCUT2D eigenvalue weighted by atomic mass is 9.97. The molecule has 0 aliphatic heterocycles. The van der Waals surface area contributed by atoms with Gasteiger partial charge in [0.15, 0.2) is 0 Å². The second-order valence-corrected chi connectivity index (χ2v) is 5.90. The number of amides is 1. The first-order chi connectivity index (χ1) is 11.7. The van der Waals surface area contributed by atoms with Gasteiger partial charge in [-0.1, -0.05) is 26.7 Å². The topological polar surface area (TPSA) is 135 Å². The normalized spacial score (nSPS) is 12.0. The first-order valence-electron chi connectivity index (χ1n) is 8.37. The zero-order chi connectivity index (χ0) is 19.4. The van der Waals surface area contributed by atoms with E-state index in [9.17, 15) is 19.2 Å². The van der Waals surface area contributed by atoms with E-state index in [2.05, 4.69) is 0 Å². The molecule has 0 aromatic carbocycles. The van der Waals surface area contributed by atoms with Crippen LogP contribution in [0.3, 0.4) is 0 Å². The second kappa shape index (κ2) is 12.2. The van der Waals surface area contributed by atoms with Gasteiger partial charge in [-0.05, 0) is 12.8 Å². The number of nitrogens with zero attached hydrogens (tertiary/aromatic N) is 2. The lowest BCUT2D eigenvalue weighted by Gasteiger charge is -2.28. The molecule has 0 aromatic heterocycles. The van der Waals surface area contributed by atoms with Crippen molar-refractivity contribution >= 4 is 23.8 Å². The highest BCUT2D eigenvalue weighted by Crippen LogP contribution is 2.16. The molecule has 0 radical (unpaired) electrons. The fourth-order valence-corrected chi connectivity index (χ4v) is 2.50. The molecular weight excluding hydrogens is 332 g/mol. The van der Waals surface area contributed by atoms with Crippen molar-refractivity contribution in [3.63, 3.8) is 0 Å². The molecule has 0 saturated heterocycles. The largest absolute Gasteiger partial charge is 0.480 e. The Balaban J connectivity index is 4.98. The molecule has 9 heteroatoms. The van der Waals surface area contributed by atoms with Gasteiger partial charge in [0.05, 0.1) is 13.1 Å². The molecule has 9 nitrogen and oxygen atoms in total. The maximum Gasteiger partial charge on any atom is 0.323 e. The Morgan fingerprint density at radius 2 is 1.36 bits per heavy atom. The summed E-state index contributed by atoms with van der Waals surface area (Å²) in [5.74, 6) is -4.11. The van der Waals surface area contributed by atoms with E-state index in [1.165, 1.54) is 4.90 Å². The van der Waals surface area contributed by atoms with Gasteiger partial charge in [0.2, 0.25) is 5.91 Å². The van der Waals surface area contributed by atoms with Gasteiger partial charge >= 0.3 is 17.9 Å². The van der Waals surface area contributed by atoms with Crippen LogP contribution in [0, 0.1) is 5.92 Å². The van der Waals surface area contributed by atoms with E-state index >= 15 is 0 Å². The van der Waals surface area contributed by atoms with Crippen LogP contribution < -0.4 is 0 Å². The fourth-order valence-electron chi connectivity index (χ4n) is 2.50. The first kappa shape index (κ1) is 22.8. The molecular formula is C16H28N2O7. The van der Waals surface area contributed by atoms with E-state index in [0.29, 0.717) is 12.8 Å². The molecule has 0 aromatic rings. The van der Waals surface area contributed by atoms with Crippen LogP contribution in [-0.2, 0) is 19.2 Å². The van der Waals surface area contributed by atoms with Crippen molar-refractivity contribution in [2.24, 2.45) is 5.92 Å². The molecule has 0 aliphatic rings. The molecule has 0 fully saturated rings. The van der Waals surface area contributed by atoms with Crippen LogP contribution in [0.4, 0.5) is 0 Å². The summed E-state index contributed by atoms with van der Waals surface area (Å²) in [6.07, 6.45) is 3.03. The van der Waals surface area contributed by atoms with Gasteiger partial charge in [0.25, 0.3) is 0 Å². The summed E-state index contributed by atoms with van der Waals surface area (Å²) in [7, 11) is 0. The van der Waals surface area contributed by atoms with Crippen molar-refractivity contribution in [2.45, 2.75) is 39.5 Å². The van der Waals surface area contributed by atoms with Crippen molar-refractivity contribution in [1.82, 2.24) is 9.80 Å². The lowest BCUT2D eigenvalue weighted by molar-refractivity contribution is -0.147. The Kier molecular flexibility index (Phi) is 11.2. The number of carbonyl (C=O) groups is 4. The Labute approximate surface area is 147 Å². The minimum absolute atomic E-state index is 0.0260. The van der Waals surface area contributed by atoms with E-state index in [1.807, 2.05) is 13.8 Å². The van der Waals surface area contributed by atoms with Gasteiger partial charge in [-0.15, -0.1) is 0 Å². The smallest absolute Gasteiger partial charge is 0.323 e. The van der Waals surface area contributed by atoms with E-state index in [4.69, 9.17) is 15.3 Å². The Morgan fingerprint density at radius 1 is 0.840 bits per heavy atom. The molecule has 0 spiro atoms. The number of unbranched alkanes of at least 4 members (excludes halogenated alkanes) is 1. The van der Waals surface area contributed by atoms with Crippen molar-refractivity contribution in [3.05, 3.63) is 0 Å². The quantitative estimate of drug-likeness (QED) is 0.409. The van der Waals surface area contributed by atoms with Crippen molar-refractivity contribution in [2.75, 3.05) is 32.7 Å². The molecule has 1 unspecified atom stereocenters. The van der Waals surface area contributed by atoms with Gasteiger partial charge in [0, 0.05) is 19.0 Å². The van der Waals surface area contributed by atoms with Gasteiger partial charge in [-0.3, -0.25) is 24.1 Å². The maximum absolute atomic E-state index is 12.6. The number of carboxylic acid groups (broad SMARTS) is 3. The van der Waals surface area contributed by atoms with E-state index in [-0.39, 0.29) is 24.9 Å². The van der Waals surface area contributed by atoms with Gasteiger partial charge < -0.3 is 20.2 Å². The number of carboxylic acids is 3. The summed E-state index contributed by atoms with van der Waals surface area (Å²) in [5.41, 5.74) is 0. The standard InChI is InChI=1S/C16H28N2O7/c1-3-5-6-12(4-2)16(25)18(11-15(23)24)8-7-17(9-13(19)20)10-14(21)22/h12H,3-11H2,1-2H3,(H,19,20)(H,21,22)(H,23,24). The SMILES string of the molecule is CCCCC(CC)C(=O)N(CCN(CC(=O)O)CC(=O)O)CC(=O)O. The van der Waals surface area contributed by atoms with E-state index in [1.54, 1.807) is 0 Å². The van der Waals surface area contributed by atoms with Crippen LogP contribution in [0.2, 0.25) is 0 Å². The van der Waals surface area contributed by atoms with Crippen molar-refractivity contribution in [3.8, 4) is 0 Å². The summed E-state index contributed by atoms with van der Waals surface area (Å²) in [6, 6.07) is 0. The van der Waals surface area contributed by atoms with Crippen LogP contribution in [0.25, 0.3) is 0 Å². The molecule has 25 heavy (non-hydrogen) atoms. The van der Waals surface area contributed by atoms with Crippen LogP contribution in [-0.4, -0.2) is 81.7 Å². The van der Waals surface area contributed by atoms with Crippen molar-refractivity contribution < 1.29 is 34.5 Å². The maximum atomic E-state index is 12.6. The van der Waals surface area contributed by atoms with Crippen molar-refractivity contribution in [1.29, 1.82) is 0 Å². The van der Waals surface area contributed by atoms with E-state index in [0.717, 1.165) is 17.7 Å². The van der Waals surface area contributed by atoms with Crippen LogP contribution in [0.5, 0.6) is 0 Å². The minimum atomic E-state index is -1.19. The average Bonchev–Trinajstić information content (AvgIpc) is 2.50. The minimum Gasteiger partial charge on any atom is -0.480 e. The number of aliphatic carboxylic acids is 3. The molecule has 0 rings (SSSR count). The first-order valence-corrected chi connectivity index (χ1v) is 8.37. The molecule has 0 heterocycles. The highest BCUT2D eigenvalue weighted by Gasteiger charge is 2.25. The fraction of sp³-hybridized carbons (Fsp3) is 0.750. The van der Waals surface area contributed by atoms with Gasteiger partial charge in [-0.25, -0.2) is 0 Å². The zero-order valence-electron chi connectivity index (χ0n) is 14.8. The zero-order valence-corrected chi connectivity index (χ0v) is 14.8. The number of hydrogen-bond acceptors (Lipinski definition) is 5. The molecule has 144 valence electrons. The highest BCUT2D eigenvalue weighted by molar-refractivity contribution is 5.83. The second-order valence-electron chi connectivity index (χ2n) is 5.90. The Hall–Kier alpha value is -2.16. The van der Waals surface area contributed by atoms with Gasteiger partial charge in [0.1, 0.15) is 6.54 Å². The predicted molar refractivity (Wildman–Crippen MR) is 89.2 cm³/mol. The summed E-state index contributed by atoms with van der Waals surface area (Å²) in [5, 5.41) is 26.7. The number of hydrogen-bond donors (Lipinski definition) is 3. The lowest BCUT2D eigenvalue weighted by Crippen LogP contribution is -2.45. The highest BCUT2D eigenvalue weighted by atomic mass is 16.4. The molecule has 3 N–H and O–H groups in total. The third kappa shape index (κ3) is 10.3. The summed E-state index contributed by atoms with van der Waals surface area (Å²) >= 11 is 0. The van der Waals surface area contributed by atoms with Crippen LogP contribution in [0.15, 0.2) is 0 Å². The van der Waals surface area contributed by atoms with Gasteiger partial charge in [-0.2, -0.15) is 0 Å². The Morgan fingerprint density at radius 3 is 1.76 bits per heavy atom. The number of rotatable bonds is 14.